The summed E-state index contributed by atoms with van der Waals surface area (Å²) in [6.07, 6.45) is 4.29. The molecule has 0 unspecified atom stereocenters. The summed E-state index contributed by atoms with van der Waals surface area (Å²) in [4.78, 5) is 16.6. The number of fused-ring (bicyclic) bond motifs is 1. The first-order valence-electron chi connectivity index (χ1n) is 5.71. The maximum absolute atomic E-state index is 12.0. The van der Waals surface area contributed by atoms with Gasteiger partial charge in [-0.1, -0.05) is 42.5 Å². The van der Waals surface area contributed by atoms with Gasteiger partial charge in [-0.3, -0.25) is 4.79 Å². The Bertz CT molecular complexity index is 786. The zero-order valence-corrected chi connectivity index (χ0v) is 10.6. The van der Waals surface area contributed by atoms with E-state index in [2.05, 4.69) is 29.1 Å². The Kier molecular flexibility index (Phi) is 2.68. The molecule has 0 N–H and O–H groups in total. The van der Waals surface area contributed by atoms with E-state index in [4.69, 9.17) is 0 Å². The van der Waals surface area contributed by atoms with E-state index in [9.17, 15) is 4.79 Å². The van der Waals surface area contributed by atoms with Crippen LogP contribution in [0.4, 0.5) is 0 Å². The molecule has 3 aromatic rings. The Morgan fingerprint density at radius 3 is 2.78 bits per heavy atom. The molecule has 0 aliphatic rings. The Morgan fingerprint density at radius 1 is 1.33 bits per heavy atom. The topological polar surface area (TPSA) is 47.3 Å². The molecule has 5 heteroatoms. The molecule has 0 fully saturated rings. The molecule has 1 aromatic carbocycles. The molecule has 0 atom stereocenters. The summed E-state index contributed by atoms with van der Waals surface area (Å²) < 4.78 is 1.99. The normalized spacial score (nSPS) is 12.4. The maximum atomic E-state index is 12.0. The number of nitrogens with zero attached hydrogens (tertiary/aromatic N) is 3. The van der Waals surface area contributed by atoms with Gasteiger partial charge < -0.3 is 0 Å². The van der Waals surface area contributed by atoms with Gasteiger partial charge in [0.25, 0.3) is 5.56 Å². The van der Waals surface area contributed by atoms with Crippen molar-refractivity contribution in [2.45, 2.75) is 13.3 Å². The highest BCUT2D eigenvalue weighted by atomic mass is 32.1. The lowest BCUT2D eigenvalue weighted by atomic mass is 10.1. The number of aryl methyl sites for hydroxylation is 1. The van der Waals surface area contributed by atoms with Gasteiger partial charge >= 0.3 is 0 Å². The van der Waals surface area contributed by atoms with Crippen LogP contribution in [0.15, 0.2) is 35.4 Å². The highest BCUT2D eigenvalue weighted by Crippen LogP contribution is 2.06. The van der Waals surface area contributed by atoms with Crippen LogP contribution in [-0.4, -0.2) is 14.6 Å². The fraction of sp³-hybridized carbons (Fsp3) is 0.154. The number of rotatable bonds is 2. The molecule has 0 bridgehead atoms. The van der Waals surface area contributed by atoms with E-state index in [-0.39, 0.29) is 5.56 Å². The van der Waals surface area contributed by atoms with Gasteiger partial charge in [0.2, 0.25) is 4.96 Å². The van der Waals surface area contributed by atoms with Crippen LogP contribution in [0.25, 0.3) is 11.0 Å². The van der Waals surface area contributed by atoms with Crippen molar-refractivity contribution in [2.75, 3.05) is 0 Å². The zero-order valence-electron chi connectivity index (χ0n) is 9.83. The molecule has 0 saturated heterocycles. The minimum absolute atomic E-state index is 0.105. The molecule has 0 spiro atoms. The first-order chi connectivity index (χ1) is 8.78. The molecule has 2 aromatic heterocycles. The Morgan fingerprint density at radius 2 is 2.11 bits per heavy atom. The van der Waals surface area contributed by atoms with Crippen LogP contribution in [0.2, 0.25) is 0 Å². The second kappa shape index (κ2) is 4.34. The van der Waals surface area contributed by atoms with Crippen LogP contribution in [0, 0.1) is 0 Å². The smallest absolute Gasteiger partial charge is 0.266 e. The summed E-state index contributed by atoms with van der Waals surface area (Å²) in [5.74, 6) is 0. The fourth-order valence-corrected chi connectivity index (χ4v) is 2.66. The van der Waals surface area contributed by atoms with Crippen molar-refractivity contribution in [3.05, 3.63) is 56.6 Å². The quantitative estimate of drug-likeness (QED) is 0.694. The molecule has 0 radical (unpaired) electrons. The lowest BCUT2D eigenvalue weighted by Gasteiger charge is -1.96. The molecule has 2 heterocycles. The molecule has 0 saturated carbocycles. The molecule has 0 aliphatic carbocycles. The van der Waals surface area contributed by atoms with E-state index in [0.717, 1.165) is 12.0 Å². The average molecular weight is 257 g/mol. The summed E-state index contributed by atoms with van der Waals surface area (Å²) in [5.41, 5.74) is 2.21. The van der Waals surface area contributed by atoms with Crippen molar-refractivity contribution in [3.8, 4) is 0 Å². The lowest BCUT2D eigenvalue weighted by Crippen LogP contribution is -2.23. The monoisotopic (exact) mass is 257 g/mol. The van der Waals surface area contributed by atoms with Crippen LogP contribution in [0.3, 0.4) is 0 Å². The summed E-state index contributed by atoms with van der Waals surface area (Å²) >= 11 is 1.36. The third-order valence-electron chi connectivity index (χ3n) is 2.81. The largest absolute Gasteiger partial charge is 0.291 e. The average Bonchev–Trinajstić information content (AvgIpc) is 2.95. The third-order valence-corrected chi connectivity index (χ3v) is 3.78. The first-order valence-corrected chi connectivity index (χ1v) is 6.53. The molecule has 4 nitrogen and oxygen atoms in total. The van der Waals surface area contributed by atoms with E-state index >= 15 is 0 Å². The van der Waals surface area contributed by atoms with Gasteiger partial charge in [-0.15, -0.1) is 0 Å². The van der Waals surface area contributed by atoms with Crippen molar-refractivity contribution < 1.29 is 0 Å². The Labute approximate surface area is 107 Å². The van der Waals surface area contributed by atoms with E-state index in [1.807, 2.05) is 18.2 Å². The highest BCUT2D eigenvalue weighted by molar-refractivity contribution is 7.15. The van der Waals surface area contributed by atoms with Crippen molar-refractivity contribution >= 4 is 22.4 Å². The molecular weight excluding hydrogens is 246 g/mol. The minimum atomic E-state index is -0.105. The molecule has 0 aliphatic heterocycles. The van der Waals surface area contributed by atoms with Crippen molar-refractivity contribution in [3.63, 3.8) is 0 Å². The SMILES string of the molecule is CCc1ccc(/C=c2/sc3ncnn3c2=O)cc1. The van der Waals surface area contributed by atoms with Gasteiger partial charge in [0, 0.05) is 0 Å². The van der Waals surface area contributed by atoms with Crippen LogP contribution in [-0.2, 0) is 6.42 Å². The summed E-state index contributed by atoms with van der Waals surface area (Å²) in [6, 6.07) is 8.20. The van der Waals surface area contributed by atoms with Gasteiger partial charge in [0.05, 0.1) is 4.53 Å². The molecule has 18 heavy (non-hydrogen) atoms. The van der Waals surface area contributed by atoms with E-state index in [1.54, 1.807) is 0 Å². The van der Waals surface area contributed by atoms with Gasteiger partial charge in [0.1, 0.15) is 6.33 Å². The van der Waals surface area contributed by atoms with Crippen LogP contribution < -0.4 is 10.1 Å². The van der Waals surface area contributed by atoms with Gasteiger partial charge in [-0.2, -0.15) is 9.61 Å². The molecule has 90 valence electrons. The van der Waals surface area contributed by atoms with E-state index < -0.39 is 0 Å². The standard InChI is InChI=1S/C13H11N3OS/c1-2-9-3-5-10(6-4-9)7-11-12(17)16-13(18-11)14-8-15-16/h3-8H,2H2,1H3/b11-7+. The fourth-order valence-electron chi connectivity index (χ4n) is 1.78. The second-order valence-electron chi connectivity index (χ2n) is 3.97. The predicted molar refractivity (Wildman–Crippen MR) is 71.7 cm³/mol. The second-order valence-corrected chi connectivity index (χ2v) is 4.97. The minimum Gasteiger partial charge on any atom is -0.266 e. The highest BCUT2D eigenvalue weighted by Gasteiger charge is 2.04. The van der Waals surface area contributed by atoms with Crippen molar-refractivity contribution in [1.82, 2.24) is 14.6 Å². The van der Waals surface area contributed by atoms with Gasteiger partial charge in [-0.05, 0) is 23.6 Å². The number of thiazole rings is 1. The van der Waals surface area contributed by atoms with Crippen LogP contribution in [0.1, 0.15) is 18.1 Å². The van der Waals surface area contributed by atoms with E-state index in [1.165, 1.54) is 27.7 Å². The lowest BCUT2D eigenvalue weighted by molar-refractivity contribution is 0.932. The molecular formula is C13H11N3OS. The maximum Gasteiger partial charge on any atom is 0.291 e. The van der Waals surface area contributed by atoms with Crippen LogP contribution >= 0.6 is 11.3 Å². The number of aromatic nitrogens is 3. The Hall–Kier alpha value is -2.01. The van der Waals surface area contributed by atoms with Crippen molar-refractivity contribution in [2.24, 2.45) is 0 Å². The number of hydrogen-bond donors (Lipinski definition) is 0. The Balaban J connectivity index is 2.12. The molecule has 3 rings (SSSR count). The first kappa shape index (κ1) is 11.1. The van der Waals surface area contributed by atoms with Gasteiger partial charge in [-0.25, -0.2) is 4.98 Å². The number of benzene rings is 1. The van der Waals surface area contributed by atoms with Crippen molar-refractivity contribution in [1.29, 1.82) is 0 Å². The summed E-state index contributed by atoms with van der Waals surface area (Å²) in [5, 5.41) is 3.89. The third kappa shape index (κ3) is 1.82. The molecule has 0 amide bonds. The summed E-state index contributed by atoms with van der Waals surface area (Å²) in [7, 11) is 0. The summed E-state index contributed by atoms with van der Waals surface area (Å²) in [6.45, 7) is 2.12. The van der Waals surface area contributed by atoms with Crippen LogP contribution in [0.5, 0.6) is 0 Å². The van der Waals surface area contributed by atoms with E-state index in [0.29, 0.717) is 9.49 Å². The zero-order chi connectivity index (χ0) is 12.5. The predicted octanol–water partition coefficient (Wildman–Crippen LogP) is 1.26. The van der Waals surface area contributed by atoms with Gasteiger partial charge in [0.15, 0.2) is 0 Å². The number of hydrogen-bond acceptors (Lipinski definition) is 4.